The maximum atomic E-state index is 12.9. The molecule has 0 aliphatic rings. The van der Waals surface area contributed by atoms with Crippen LogP contribution >= 0.6 is 0 Å². The molecule has 1 unspecified atom stereocenters. The smallest absolute Gasteiger partial charge is 0.269 e. The highest BCUT2D eigenvalue weighted by atomic mass is 32.2. The van der Waals surface area contributed by atoms with Gasteiger partial charge in [-0.1, -0.05) is 26.0 Å². The number of aromatic amines is 1. The minimum atomic E-state index is -3.85. The van der Waals surface area contributed by atoms with E-state index in [1.165, 1.54) is 30.2 Å². The average Bonchev–Trinajstić information content (AvgIpc) is 3.43. The van der Waals surface area contributed by atoms with Crippen molar-refractivity contribution >= 4 is 32.7 Å². The number of hydrogen-bond acceptors (Lipinski definition) is 4. The van der Waals surface area contributed by atoms with Crippen molar-refractivity contribution in [2.24, 2.45) is 0 Å². The van der Waals surface area contributed by atoms with Crippen molar-refractivity contribution in [1.29, 1.82) is 0 Å². The van der Waals surface area contributed by atoms with Gasteiger partial charge in [0.2, 0.25) is 0 Å². The summed E-state index contributed by atoms with van der Waals surface area (Å²) in [5.41, 5.74) is 2.73. The topological polar surface area (TPSA) is 96.8 Å². The summed E-state index contributed by atoms with van der Waals surface area (Å²) in [5.74, 6) is 0.0772. The zero-order valence-corrected chi connectivity index (χ0v) is 17.5. The number of fused-ring (bicyclic) bond motifs is 1. The molecule has 0 fully saturated rings. The van der Waals surface area contributed by atoms with E-state index >= 15 is 0 Å². The van der Waals surface area contributed by atoms with E-state index in [1.807, 2.05) is 24.3 Å². The summed E-state index contributed by atoms with van der Waals surface area (Å²) in [6.45, 7) is 4.28. The summed E-state index contributed by atoms with van der Waals surface area (Å²) in [6.07, 6.45) is 6.70. The van der Waals surface area contributed by atoms with E-state index in [4.69, 9.17) is 0 Å². The molecule has 3 heterocycles. The van der Waals surface area contributed by atoms with Gasteiger partial charge in [-0.3, -0.25) is 4.79 Å². The van der Waals surface area contributed by atoms with Crippen LogP contribution in [0.2, 0.25) is 0 Å². The maximum absolute atomic E-state index is 12.9. The van der Waals surface area contributed by atoms with Crippen LogP contribution in [0.5, 0.6) is 0 Å². The minimum absolute atomic E-state index is 0.0535. The SMILES string of the molecule is CCC(C)c1ccc(NC(=O)c2ccn(S(=O)(=O)c3cnc4[nH]ccc4c3)c2)cc1. The van der Waals surface area contributed by atoms with E-state index in [9.17, 15) is 13.2 Å². The fourth-order valence-corrected chi connectivity index (χ4v) is 4.36. The molecule has 154 valence electrons. The molecular formula is C22H22N4O3S. The molecule has 0 aliphatic heterocycles. The Morgan fingerprint density at radius 2 is 1.97 bits per heavy atom. The van der Waals surface area contributed by atoms with E-state index < -0.39 is 10.0 Å². The molecule has 0 radical (unpaired) electrons. The lowest BCUT2D eigenvalue weighted by molar-refractivity contribution is 0.102. The van der Waals surface area contributed by atoms with Gasteiger partial charge in [0.25, 0.3) is 15.9 Å². The van der Waals surface area contributed by atoms with Gasteiger partial charge in [-0.15, -0.1) is 0 Å². The Balaban J connectivity index is 1.53. The van der Waals surface area contributed by atoms with Crippen LogP contribution in [0.3, 0.4) is 0 Å². The van der Waals surface area contributed by atoms with Crippen LogP contribution in [0, 0.1) is 0 Å². The number of aromatic nitrogens is 3. The van der Waals surface area contributed by atoms with Crippen molar-refractivity contribution in [3.8, 4) is 0 Å². The first-order valence-electron chi connectivity index (χ1n) is 9.66. The van der Waals surface area contributed by atoms with E-state index in [0.717, 1.165) is 10.4 Å². The van der Waals surface area contributed by atoms with Crippen LogP contribution in [0.4, 0.5) is 5.69 Å². The van der Waals surface area contributed by atoms with Gasteiger partial charge in [-0.05, 0) is 48.2 Å². The summed E-state index contributed by atoms with van der Waals surface area (Å²) in [7, 11) is -3.85. The highest BCUT2D eigenvalue weighted by molar-refractivity contribution is 7.90. The van der Waals surface area contributed by atoms with Gasteiger partial charge in [0, 0.05) is 35.9 Å². The van der Waals surface area contributed by atoms with Crippen LogP contribution in [0.1, 0.15) is 42.1 Å². The Hall–Kier alpha value is -3.39. The normalized spacial score (nSPS) is 12.7. The Kier molecular flexibility index (Phi) is 5.17. The van der Waals surface area contributed by atoms with Crippen LogP contribution in [-0.2, 0) is 10.0 Å². The van der Waals surface area contributed by atoms with Gasteiger partial charge >= 0.3 is 0 Å². The molecule has 0 saturated carbocycles. The second kappa shape index (κ2) is 7.79. The molecule has 1 atom stereocenters. The molecule has 8 heteroatoms. The second-order valence-corrected chi connectivity index (χ2v) is 9.05. The lowest BCUT2D eigenvalue weighted by Crippen LogP contribution is -2.13. The molecule has 3 aromatic heterocycles. The third-order valence-corrected chi connectivity index (χ3v) is 6.83. The molecular weight excluding hydrogens is 400 g/mol. The van der Waals surface area contributed by atoms with E-state index in [1.54, 1.807) is 18.3 Å². The number of pyridine rings is 1. The van der Waals surface area contributed by atoms with Gasteiger partial charge in [-0.25, -0.2) is 17.4 Å². The van der Waals surface area contributed by atoms with E-state index in [0.29, 0.717) is 22.6 Å². The number of carbonyl (C=O) groups is 1. The Morgan fingerprint density at radius 1 is 1.20 bits per heavy atom. The first-order valence-corrected chi connectivity index (χ1v) is 11.1. The highest BCUT2D eigenvalue weighted by Crippen LogP contribution is 2.22. The summed E-state index contributed by atoms with van der Waals surface area (Å²) < 4.78 is 26.8. The molecule has 4 rings (SSSR count). The molecule has 4 aromatic rings. The first-order chi connectivity index (χ1) is 14.4. The van der Waals surface area contributed by atoms with Crippen molar-refractivity contribution in [3.63, 3.8) is 0 Å². The van der Waals surface area contributed by atoms with Crippen LogP contribution < -0.4 is 5.32 Å². The lowest BCUT2D eigenvalue weighted by atomic mass is 9.99. The summed E-state index contributed by atoms with van der Waals surface area (Å²) in [4.78, 5) is 19.7. The molecule has 0 bridgehead atoms. The van der Waals surface area contributed by atoms with Gasteiger partial charge < -0.3 is 10.3 Å². The third-order valence-electron chi connectivity index (χ3n) is 5.23. The fourth-order valence-electron chi connectivity index (χ4n) is 3.18. The zero-order chi connectivity index (χ0) is 21.3. The van der Waals surface area contributed by atoms with Crippen LogP contribution in [0.25, 0.3) is 11.0 Å². The van der Waals surface area contributed by atoms with Gasteiger partial charge in [0.1, 0.15) is 10.5 Å². The number of nitrogens with one attached hydrogen (secondary N) is 2. The minimum Gasteiger partial charge on any atom is -0.346 e. The van der Waals surface area contributed by atoms with Crippen molar-refractivity contribution < 1.29 is 13.2 Å². The van der Waals surface area contributed by atoms with Crippen molar-refractivity contribution in [2.45, 2.75) is 31.1 Å². The van der Waals surface area contributed by atoms with E-state index in [2.05, 4.69) is 29.1 Å². The monoisotopic (exact) mass is 422 g/mol. The van der Waals surface area contributed by atoms with Crippen LogP contribution in [0.15, 0.2) is 72.1 Å². The number of carbonyl (C=O) groups excluding carboxylic acids is 1. The number of amides is 1. The zero-order valence-electron chi connectivity index (χ0n) is 16.7. The molecule has 0 saturated heterocycles. The third kappa shape index (κ3) is 3.73. The standard InChI is InChI=1S/C22H22N4O3S/c1-3-15(2)16-4-6-19(7-5-16)25-22(27)18-9-11-26(14-18)30(28,29)20-12-17-8-10-23-21(17)24-13-20/h4-15H,3H2,1-2H3,(H,23,24)(H,25,27). The van der Waals surface area contributed by atoms with E-state index in [-0.39, 0.29) is 16.4 Å². The average molecular weight is 423 g/mol. The Bertz CT molecular complexity index is 1300. The van der Waals surface area contributed by atoms with Gasteiger partial charge in [-0.2, -0.15) is 0 Å². The Labute approximate surface area is 174 Å². The summed E-state index contributed by atoms with van der Waals surface area (Å²) in [6, 6.07) is 12.5. The largest absolute Gasteiger partial charge is 0.346 e. The van der Waals surface area contributed by atoms with Gasteiger partial charge in [0.15, 0.2) is 0 Å². The molecule has 0 spiro atoms. The number of rotatable bonds is 6. The summed E-state index contributed by atoms with van der Waals surface area (Å²) >= 11 is 0. The molecule has 1 aromatic carbocycles. The summed E-state index contributed by atoms with van der Waals surface area (Å²) in [5, 5.41) is 3.50. The number of hydrogen-bond donors (Lipinski definition) is 2. The fraction of sp³-hybridized carbons (Fsp3) is 0.182. The maximum Gasteiger partial charge on any atom is 0.269 e. The van der Waals surface area contributed by atoms with Crippen molar-refractivity contribution in [3.05, 3.63) is 78.4 Å². The number of benzene rings is 1. The lowest BCUT2D eigenvalue weighted by Gasteiger charge is -2.10. The second-order valence-electron chi connectivity index (χ2n) is 7.21. The predicted octanol–water partition coefficient (Wildman–Crippen LogP) is 4.37. The number of H-pyrrole nitrogens is 1. The van der Waals surface area contributed by atoms with Crippen LogP contribution in [-0.4, -0.2) is 28.3 Å². The first kappa shape index (κ1) is 19.9. The molecule has 1 amide bonds. The predicted molar refractivity (Wildman–Crippen MR) is 116 cm³/mol. The van der Waals surface area contributed by atoms with Crippen molar-refractivity contribution in [1.82, 2.24) is 13.9 Å². The number of anilines is 1. The molecule has 0 aliphatic carbocycles. The molecule has 7 nitrogen and oxygen atoms in total. The van der Waals surface area contributed by atoms with Crippen molar-refractivity contribution in [2.75, 3.05) is 5.32 Å². The molecule has 30 heavy (non-hydrogen) atoms. The van der Waals surface area contributed by atoms with Gasteiger partial charge in [0.05, 0.1) is 5.56 Å². The molecule has 2 N–H and O–H groups in total. The Morgan fingerprint density at radius 3 is 2.70 bits per heavy atom. The quantitative estimate of drug-likeness (QED) is 0.482. The number of nitrogens with zero attached hydrogens (tertiary/aromatic N) is 2. The highest BCUT2D eigenvalue weighted by Gasteiger charge is 2.20.